The van der Waals surface area contributed by atoms with Gasteiger partial charge >= 0.3 is 11.9 Å². The van der Waals surface area contributed by atoms with E-state index in [2.05, 4.69) is 14.8 Å². The minimum atomic E-state index is -4.13. The Kier molecular flexibility index (Phi) is 8.62. The molecule has 1 N–H and O–H groups in total. The highest BCUT2D eigenvalue weighted by molar-refractivity contribution is 7.89. The SMILES string of the molecule is CCN(CC(=O)Nc1cc(C(=O)OC)cc(C(=O)OC)c1)S(=O)(=O)c1cc(Cl)ccc1Cl. The summed E-state index contributed by atoms with van der Waals surface area (Å²) in [4.78, 5) is 36.1. The molecule has 1 amide bonds. The number of methoxy groups -OCH3 is 2. The first-order valence-corrected chi connectivity index (χ1v) is 11.3. The Bertz CT molecular complexity index is 1120. The number of halogens is 2. The van der Waals surface area contributed by atoms with E-state index in [-0.39, 0.29) is 38.3 Å². The first kappa shape index (κ1) is 25.6. The topological polar surface area (TPSA) is 119 Å². The summed E-state index contributed by atoms with van der Waals surface area (Å²) in [7, 11) is -1.81. The number of hydrogen-bond acceptors (Lipinski definition) is 7. The van der Waals surface area contributed by atoms with Crippen LogP contribution in [0.2, 0.25) is 10.0 Å². The maximum Gasteiger partial charge on any atom is 0.337 e. The van der Waals surface area contributed by atoms with Crippen LogP contribution in [0.4, 0.5) is 5.69 Å². The lowest BCUT2D eigenvalue weighted by atomic mass is 10.1. The second kappa shape index (κ2) is 10.8. The summed E-state index contributed by atoms with van der Waals surface area (Å²) >= 11 is 11.9. The van der Waals surface area contributed by atoms with Gasteiger partial charge in [-0.2, -0.15) is 4.31 Å². The van der Waals surface area contributed by atoms with Crippen LogP contribution in [0, 0.1) is 0 Å². The number of likely N-dealkylation sites (N-methyl/N-ethyl adjacent to an activating group) is 1. The molecule has 9 nitrogen and oxygen atoms in total. The zero-order chi connectivity index (χ0) is 24.1. The maximum atomic E-state index is 13.0. The third kappa shape index (κ3) is 5.98. The molecule has 0 radical (unpaired) electrons. The van der Waals surface area contributed by atoms with E-state index < -0.39 is 34.4 Å². The number of nitrogens with zero attached hydrogens (tertiary/aromatic N) is 1. The minimum absolute atomic E-state index is 0.00335. The smallest absolute Gasteiger partial charge is 0.337 e. The van der Waals surface area contributed by atoms with E-state index in [1.165, 1.54) is 36.4 Å². The number of esters is 2. The quantitative estimate of drug-likeness (QED) is 0.550. The van der Waals surface area contributed by atoms with Crippen LogP contribution in [0.25, 0.3) is 0 Å². The summed E-state index contributed by atoms with van der Waals surface area (Å²) in [6, 6.07) is 7.81. The third-order valence-electron chi connectivity index (χ3n) is 4.24. The number of anilines is 1. The summed E-state index contributed by atoms with van der Waals surface area (Å²) in [6.07, 6.45) is 0. The molecule has 32 heavy (non-hydrogen) atoms. The third-order valence-corrected chi connectivity index (χ3v) is 6.88. The van der Waals surface area contributed by atoms with Crippen molar-refractivity contribution in [3.05, 3.63) is 57.6 Å². The van der Waals surface area contributed by atoms with Crippen LogP contribution in [0.3, 0.4) is 0 Å². The van der Waals surface area contributed by atoms with Gasteiger partial charge in [0, 0.05) is 17.3 Å². The fraction of sp³-hybridized carbons (Fsp3) is 0.250. The van der Waals surface area contributed by atoms with E-state index in [9.17, 15) is 22.8 Å². The molecule has 2 aromatic carbocycles. The first-order valence-electron chi connectivity index (χ1n) is 9.10. The van der Waals surface area contributed by atoms with Crippen molar-refractivity contribution in [2.75, 3.05) is 32.6 Å². The van der Waals surface area contributed by atoms with Gasteiger partial charge < -0.3 is 14.8 Å². The van der Waals surface area contributed by atoms with Gasteiger partial charge in [0.2, 0.25) is 15.9 Å². The van der Waals surface area contributed by atoms with Gasteiger partial charge in [0.1, 0.15) is 4.90 Å². The Morgan fingerprint density at radius 3 is 2.03 bits per heavy atom. The number of rotatable bonds is 8. The molecular weight excluding hydrogens is 483 g/mol. The number of sulfonamides is 1. The van der Waals surface area contributed by atoms with Gasteiger partial charge in [0.15, 0.2) is 0 Å². The normalized spacial score (nSPS) is 11.2. The van der Waals surface area contributed by atoms with Gasteiger partial charge in [-0.15, -0.1) is 0 Å². The van der Waals surface area contributed by atoms with Gasteiger partial charge in [0.25, 0.3) is 0 Å². The zero-order valence-electron chi connectivity index (χ0n) is 17.3. The molecule has 0 aliphatic rings. The van der Waals surface area contributed by atoms with Crippen molar-refractivity contribution in [2.45, 2.75) is 11.8 Å². The molecule has 0 aliphatic carbocycles. The highest BCUT2D eigenvalue weighted by Gasteiger charge is 2.28. The Morgan fingerprint density at radius 2 is 1.53 bits per heavy atom. The lowest BCUT2D eigenvalue weighted by Gasteiger charge is -2.21. The molecular formula is C20H20Cl2N2O7S. The van der Waals surface area contributed by atoms with Gasteiger partial charge in [-0.1, -0.05) is 30.1 Å². The molecule has 0 aliphatic heterocycles. The highest BCUT2D eigenvalue weighted by atomic mass is 35.5. The lowest BCUT2D eigenvalue weighted by Crippen LogP contribution is -2.38. The zero-order valence-corrected chi connectivity index (χ0v) is 19.7. The summed E-state index contributed by atoms with van der Waals surface area (Å²) in [6.45, 7) is 0.961. The van der Waals surface area contributed by atoms with Crippen LogP contribution in [-0.4, -0.2) is 57.9 Å². The fourth-order valence-corrected chi connectivity index (χ4v) is 4.86. The highest BCUT2D eigenvalue weighted by Crippen LogP contribution is 2.27. The molecule has 0 saturated heterocycles. The molecule has 0 heterocycles. The lowest BCUT2D eigenvalue weighted by molar-refractivity contribution is -0.116. The Hall–Kier alpha value is -2.66. The predicted molar refractivity (Wildman–Crippen MR) is 119 cm³/mol. The van der Waals surface area contributed by atoms with Crippen molar-refractivity contribution in [1.29, 1.82) is 0 Å². The average Bonchev–Trinajstić information content (AvgIpc) is 2.77. The van der Waals surface area contributed by atoms with Crippen molar-refractivity contribution in [3.63, 3.8) is 0 Å². The number of ether oxygens (including phenoxy) is 2. The molecule has 0 unspecified atom stereocenters. The van der Waals surface area contributed by atoms with Crippen LogP contribution < -0.4 is 5.32 Å². The Balaban J connectivity index is 2.31. The number of benzene rings is 2. The molecule has 0 aromatic heterocycles. The number of nitrogens with one attached hydrogen (secondary N) is 1. The van der Waals surface area contributed by atoms with Crippen molar-refractivity contribution in [3.8, 4) is 0 Å². The van der Waals surface area contributed by atoms with Crippen molar-refractivity contribution < 1.29 is 32.3 Å². The van der Waals surface area contributed by atoms with Crippen LogP contribution in [-0.2, 0) is 24.3 Å². The Morgan fingerprint density at radius 1 is 0.969 bits per heavy atom. The number of amides is 1. The first-order chi connectivity index (χ1) is 15.0. The van der Waals surface area contributed by atoms with Crippen molar-refractivity contribution in [2.24, 2.45) is 0 Å². The van der Waals surface area contributed by atoms with Crippen molar-refractivity contribution >= 4 is 56.8 Å². The number of carbonyl (C=O) groups excluding carboxylic acids is 3. The predicted octanol–water partition coefficient (Wildman–Crippen LogP) is 3.22. The van der Waals surface area contributed by atoms with Crippen LogP contribution in [0.5, 0.6) is 0 Å². The summed E-state index contributed by atoms with van der Waals surface area (Å²) in [5, 5.41) is 2.61. The maximum absolute atomic E-state index is 13.0. The second-order valence-corrected chi connectivity index (χ2v) is 9.09. The van der Waals surface area contributed by atoms with Crippen LogP contribution in [0.15, 0.2) is 41.3 Å². The minimum Gasteiger partial charge on any atom is -0.465 e. The summed E-state index contributed by atoms with van der Waals surface area (Å²) in [5.74, 6) is -2.19. The van der Waals surface area contributed by atoms with Gasteiger partial charge in [-0.25, -0.2) is 18.0 Å². The van der Waals surface area contributed by atoms with E-state index in [1.54, 1.807) is 6.92 Å². The standard InChI is InChI=1S/C20H20Cl2N2O7S/c1-4-24(32(28,29)17-10-14(21)5-6-16(17)22)11-18(25)23-15-8-12(19(26)30-2)7-13(9-15)20(27)31-3/h5-10H,4,11H2,1-3H3,(H,23,25). The monoisotopic (exact) mass is 502 g/mol. The Labute approximate surface area is 195 Å². The summed E-state index contributed by atoms with van der Waals surface area (Å²) < 4.78 is 36.1. The van der Waals surface area contributed by atoms with Gasteiger partial charge in [-0.05, 0) is 36.4 Å². The molecule has 0 atom stereocenters. The molecule has 0 saturated carbocycles. The number of hydrogen-bond donors (Lipinski definition) is 1. The van der Waals surface area contributed by atoms with Crippen LogP contribution in [0.1, 0.15) is 27.6 Å². The van der Waals surface area contributed by atoms with Crippen molar-refractivity contribution in [1.82, 2.24) is 4.31 Å². The van der Waals surface area contributed by atoms with Gasteiger partial charge in [0.05, 0.1) is 36.9 Å². The molecule has 12 heteroatoms. The van der Waals surface area contributed by atoms with E-state index in [0.29, 0.717) is 0 Å². The van der Waals surface area contributed by atoms with E-state index in [0.717, 1.165) is 18.5 Å². The molecule has 172 valence electrons. The van der Waals surface area contributed by atoms with Crippen LogP contribution >= 0.6 is 23.2 Å². The van der Waals surface area contributed by atoms with E-state index in [1.807, 2.05) is 0 Å². The molecule has 0 fully saturated rings. The molecule has 0 spiro atoms. The average molecular weight is 503 g/mol. The molecule has 2 aromatic rings. The second-order valence-electron chi connectivity index (χ2n) is 6.34. The van der Waals surface area contributed by atoms with Gasteiger partial charge in [-0.3, -0.25) is 4.79 Å². The largest absolute Gasteiger partial charge is 0.465 e. The number of carbonyl (C=O) groups is 3. The molecule has 0 bridgehead atoms. The molecule has 2 rings (SSSR count). The van der Waals surface area contributed by atoms with E-state index in [4.69, 9.17) is 23.2 Å². The summed E-state index contributed by atoms with van der Waals surface area (Å²) in [5.41, 5.74) is 0.0697. The van der Waals surface area contributed by atoms with E-state index >= 15 is 0 Å². The fourth-order valence-electron chi connectivity index (χ4n) is 2.71.